The summed E-state index contributed by atoms with van der Waals surface area (Å²) in [6.07, 6.45) is -5.73. The number of aliphatic hydroxyl groups is 3. The van der Waals surface area contributed by atoms with Crippen LogP contribution in [0.1, 0.15) is 0 Å². The second kappa shape index (κ2) is 2.79. The van der Waals surface area contributed by atoms with Gasteiger partial charge in [0.15, 0.2) is 0 Å². The maximum absolute atomic E-state index is 12.3. The zero-order chi connectivity index (χ0) is 7.72. The lowest BCUT2D eigenvalue weighted by molar-refractivity contribution is -0.0822. The van der Waals surface area contributed by atoms with E-state index in [0.717, 1.165) is 0 Å². The van der Waals surface area contributed by atoms with Gasteiger partial charge in [0.2, 0.25) is 6.36 Å². The fraction of sp³-hybridized carbons (Fsp3) is 1.00. The second-order valence-electron chi connectivity index (χ2n) is 2.19. The van der Waals surface area contributed by atoms with Crippen molar-refractivity contribution in [1.29, 1.82) is 0 Å². The molecule has 0 aliphatic carbocycles. The minimum Gasteiger partial charge on any atom is -0.394 e. The Hall–Kier alpha value is -0.230. The van der Waals surface area contributed by atoms with Gasteiger partial charge in [-0.15, -0.1) is 0 Å². The van der Waals surface area contributed by atoms with E-state index >= 15 is 0 Å². The molecule has 0 amide bonds. The van der Waals surface area contributed by atoms with Gasteiger partial charge in [-0.05, 0) is 0 Å². The Morgan fingerprint density at radius 1 is 1.30 bits per heavy atom. The number of hydrogen-bond acceptors (Lipinski definition) is 4. The maximum Gasteiger partial charge on any atom is 0.228 e. The third kappa shape index (κ3) is 1.13. The lowest BCUT2D eigenvalue weighted by Crippen LogP contribution is -2.32. The normalized spacial score (nSPS) is 48.0. The number of rotatable bonds is 1. The highest BCUT2D eigenvalue weighted by atomic mass is 19.1. The van der Waals surface area contributed by atoms with Crippen LogP contribution in [0.25, 0.3) is 0 Å². The van der Waals surface area contributed by atoms with Crippen molar-refractivity contribution in [2.24, 2.45) is 0 Å². The van der Waals surface area contributed by atoms with Gasteiger partial charge < -0.3 is 20.1 Å². The summed E-state index contributed by atoms with van der Waals surface area (Å²) in [6.45, 7) is -0.487. The van der Waals surface area contributed by atoms with Crippen LogP contribution in [0.3, 0.4) is 0 Å². The highest BCUT2D eigenvalue weighted by molar-refractivity contribution is 4.85. The van der Waals surface area contributed by atoms with Gasteiger partial charge in [-0.2, -0.15) is 0 Å². The van der Waals surface area contributed by atoms with Gasteiger partial charge in [0.25, 0.3) is 0 Å². The molecule has 1 aliphatic heterocycles. The van der Waals surface area contributed by atoms with Gasteiger partial charge >= 0.3 is 0 Å². The number of halogens is 1. The van der Waals surface area contributed by atoms with Crippen LogP contribution in [0.15, 0.2) is 0 Å². The molecule has 10 heavy (non-hydrogen) atoms. The van der Waals surface area contributed by atoms with Gasteiger partial charge in [0.1, 0.15) is 18.3 Å². The summed E-state index contributed by atoms with van der Waals surface area (Å²) in [7, 11) is 0. The Morgan fingerprint density at radius 3 is 2.10 bits per heavy atom. The van der Waals surface area contributed by atoms with Crippen molar-refractivity contribution in [3.8, 4) is 0 Å². The molecule has 1 saturated heterocycles. The van der Waals surface area contributed by atoms with E-state index < -0.39 is 31.3 Å². The quantitative estimate of drug-likeness (QED) is 0.423. The van der Waals surface area contributed by atoms with Crippen LogP contribution in [0.2, 0.25) is 0 Å². The van der Waals surface area contributed by atoms with Crippen LogP contribution in [-0.4, -0.2) is 46.6 Å². The first-order chi connectivity index (χ1) is 4.66. The predicted molar refractivity (Wildman–Crippen MR) is 28.9 cm³/mol. The Kier molecular flexibility index (Phi) is 2.20. The minimum atomic E-state index is -1.88. The molecule has 4 atom stereocenters. The maximum atomic E-state index is 12.3. The minimum absolute atomic E-state index is 0.487. The Labute approximate surface area is 56.9 Å². The average molecular weight is 152 g/mol. The summed E-state index contributed by atoms with van der Waals surface area (Å²) in [5.74, 6) is 0. The Balaban J connectivity index is 2.53. The van der Waals surface area contributed by atoms with E-state index in [1.807, 2.05) is 0 Å². The van der Waals surface area contributed by atoms with Crippen LogP contribution >= 0.6 is 0 Å². The Morgan fingerprint density at radius 2 is 1.90 bits per heavy atom. The van der Waals surface area contributed by atoms with Crippen molar-refractivity contribution in [3.63, 3.8) is 0 Å². The van der Waals surface area contributed by atoms with Crippen molar-refractivity contribution in [1.82, 2.24) is 0 Å². The monoisotopic (exact) mass is 152 g/mol. The predicted octanol–water partition coefficient (Wildman–Crippen LogP) is -1.61. The summed E-state index contributed by atoms with van der Waals surface area (Å²) in [6, 6.07) is 0. The van der Waals surface area contributed by atoms with E-state index in [0.29, 0.717) is 0 Å². The SMILES string of the molecule is OCC1OC(F)C(O)C1O. The molecular weight excluding hydrogens is 143 g/mol. The van der Waals surface area contributed by atoms with Crippen LogP contribution in [-0.2, 0) is 4.74 Å². The molecule has 0 bridgehead atoms. The van der Waals surface area contributed by atoms with Crippen LogP contribution in [0, 0.1) is 0 Å². The summed E-state index contributed by atoms with van der Waals surface area (Å²) in [5, 5.41) is 26.0. The summed E-state index contributed by atoms with van der Waals surface area (Å²) in [4.78, 5) is 0. The van der Waals surface area contributed by atoms with Crippen molar-refractivity contribution < 1.29 is 24.4 Å². The average Bonchev–Trinajstić information content (AvgIpc) is 2.17. The van der Waals surface area contributed by atoms with Crippen molar-refractivity contribution in [2.45, 2.75) is 24.7 Å². The molecule has 0 aromatic heterocycles. The molecule has 60 valence electrons. The number of aliphatic hydroxyl groups excluding tert-OH is 3. The lowest BCUT2D eigenvalue weighted by atomic mass is 10.1. The fourth-order valence-electron chi connectivity index (χ4n) is 0.854. The van der Waals surface area contributed by atoms with Gasteiger partial charge in [0.05, 0.1) is 6.61 Å². The van der Waals surface area contributed by atoms with Gasteiger partial charge in [-0.1, -0.05) is 0 Å². The number of hydrogen-bond donors (Lipinski definition) is 3. The van der Waals surface area contributed by atoms with Crippen molar-refractivity contribution in [3.05, 3.63) is 0 Å². The molecule has 0 aromatic rings. The first kappa shape index (κ1) is 7.87. The first-order valence-electron chi connectivity index (χ1n) is 2.93. The third-order valence-corrected chi connectivity index (χ3v) is 1.48. The third-order valence-electron chi connectivity index (χ3n) is 1.48. The molecule has 0 spiro atoms. The molecule has 0 aromatic carbocycles. The molecule has 3 N–H and O–H groups in total. The zero-order valence-corrected chi connectivity index (χ0v) is 5.14. The van der Waals surface area contributed by atoms with E-state index in [2.05, 4.69) is 4.74 Å². The van der Waals surface area contributed by atoms with Crippen LogP contribution in [0.4, 0.5) is 4.39 Å². The molecule has 5 heteroatoms. The molecule has 1 rings (SSSR count). The molecule has 1 fully saturated rings. The summed E-state index contributed by atoms with van der Waals surface area (Å²) < 4.78 is 16.6. The van der Waals surface area contributed by atoms with E-state index in [-0.39, 0.29) is 0 Å². The fourth-order valence-corrected chi connectivity index (χ4v) is 0.854. The zero-order valence-electron chi connectivity index (χ0n) is 5.14. The van der Waals surface area contributed by atoms with E-state index in [4.69, 9.17) is 15.3 Å². The summed E-state index contributed by atoms with van der Waals surface area (Å²) >= 11 is 0. The largest absolute Gasteiger partial charge is 0.394 e. The molecule has 0 radical (unpaired) electrons. The summed E-state index contributed by atoms with van der Waals surface area (Å²) in [5.41, 5.74) is 0. The smallest absolute Gasteiger partial charge is 0.228 e. The molecular formula is C5H9FO4. The molecule has 1 heterocycles. The van der Waals surface area contributed by atoms with E-state index in [9.17, 15) is 4.39 Å². The van der Waals surface area contributed by atoms with E-state index in [1.165, 1.54) is 0 Å². The Bertz CT molecular complexity index is 120. The topological polar surface area (TPSA) is 69.9 Å². The van der Waals surface area contributed by atoms with Gasteiger partial charge in [-0.25, -0.2) is 4.39 Å². The second-order valence-corrected chi connectivity index (χ2v) is 2.19. The van der Waals surface area contributed by atoms with Crippen molar-refractivity contribution in [2.75, 3.05) is 6.61 Å². The molecule has 1 aliphatic rings. The van der Waals surface area contributed by atoms with E-state index in [1.54, 1.807) is 0 Å². The molecule has 4 unspecified atom stereocenters. The standard InChI is InChI=1S/C5H9FO4/c6-5-4(9)3(8)2(1-7)10-5/h2-5,7-9H,1H2. The number of ether oxygens (including phenoxy) is 1. The van der Waals surface area contributed by atoms with Crippen LogP contribution < -0.4 is 0 Å². The van der Waals surface area contributed by atoms with Crippen molar-refractivity contribution >= 4 is 0 Å². The van der Waals surface area contributed by atoms with Gasteiger partial charge in [0, 0.05) is 0 Å². The molecule has 4 nitrogen and oxygen atoms in total. The van der Waals surface area contributed by atoms with Crippen LogP contribution in [0.5, 0.6) is 0 Å². The highest BCUT2D eigenvalue weighted by Gasteiger charge is 2.42. The number of alkyl halides is 1. The lowest BCUT2D eigenvalue weighted by Gasteiger charge is -2.09. The molecule has 0 saturated carbocycles. The first-order valence-corrected chi connectivity index (χ1v) is 2.93. The highest BCUT2D eigenvalue weighted by Crippen LogP contribution is 2.21. The van der Waals surface area contributed by atoms with Gasteiger partial charge in [-0.3, -0.25) is 0 Å².